The maximum atomic E-state index is 12.6. The van der Waals surface area contributed by atoms with Crippen molar-refractivity contribution in [2.75, 3.05) is 26.2 Å². The topological polar surface area (TPSA) is 75.7 Å². The number of ether oxygens (including phenoxy) is 1. The molecule has 28 heavy (non-hydrogen) atoms. The quantitative estimate of drug-likeness (QED) is 0.723. The number of amides is 1. The van der Waals surface area contributed by atoms with Gasteiger partial charge in [-0.05, 0) is 44.0 Å². The van der Waals surface area contributed by atoms with Crippen LogP contribution in [0.25, 0.3) is 0 Å². The molecule has 0 radical (unpaired) electrons. The van der Waals surface area contributed by atoms with E-state index in [9.17, 15) is 13.2 Å². The monoisotopic (exact) mass is 402 g/mol. The Morgan fingerprint density at radius 1 is 1.07 bits per heavy atom. The van der Waals surface area contributed by atoms with Crippen molar-refractivity contribution in [3.8, 4) is 5.75 Å². The average Bonchev–Trinajstić information content (AvgIpc) is 2.73. The number of nitrogens with one attached hydrogen (secondary N) is 1. The van der Waals surface area contributed by atoms with Crippen molar-refractivity contribution in [2.24, 2.45) is 5.92 Å². The Balaban J connectivity index is 1.42. The molecule has 7 heteroatoms. The van der Waals surface area contributed by atoms with Crippen LogP contribution in [0.3, 0.4) is 0 Å². The maximum absolute atomic E-state index is 12.6. The molecule has 1 heterocycles. The van der Waals surface area contributed by atoms with Crippen LogP contribution in [0.2, 0.25) is 0 Å². The molecule has 1 saturated heterocycles. The highest BCUT2D eigenvalue weighted by Crippen LogP contribution is 2.23. The second-order valence-electron chi connectivity index (χ2n) is 6.94. The molecule has 0 spiro atoms. The highest BCUT2D eigenvalue weighted by molar-refractivity contribution is 7.89. The zero-order valence-corrected chi connectivity index (χ0v) is 16.8. The Kier molecular flexibility index (Phi) is 6.70. The van der Waals surface area contributed by atoms with E-state index in [4.69, 9.17) is 4.74 Å². The van der Waals surface area contributed by atoms with Gasteiger partial charge in [0.25, 0.3) is 0 Å². The van der Waals surface area contributed by atoms with Crippen molar-refractivity contribution in [1.29, 1.82) is 0 Å². The summed E-state index contributed by atoms with van der Waals surface area (Å²) in [6, 6.07) is 16.2. The molecule has 0 atom stereocenters. The Morgan fingerprint density at radius 3 is 2.36 bits per heavy atom. The van der Waals surface area contributed by atoms with Crippen LogP contribution in [0.5, 0.6) is 5.75 Å². The van der Waals surface area contributed by atoms with Gasteiger partial charge in [-0.25, -0.2) is 8.42 Å². The van der Waals surface area contributed by atoms with E-state index in [1.54, 1.807) is 30.3 Å². The van der Waals surface area contributed by atoms with E-state index in [0.717, 1.165) is 5.75 Å². The first kappa shape index (κ1) is 20.4. The standard InChI is InChI=1S/C21H26N2O4S/c1-17-7-9-19(10-8-17)27-16-13-22-21(24)18-11-14-23(15-12-18)28(25,26)20-5-3-2-4-6-20/h2-10,18H,11-16H2,1H3,(H,22,24). The fourth-order valence-electron chi connectivity index (χ4n) is 3.22. The van der Waals surface area contributed by atoms with Gasteiger partial charge in [0.15, 0.2) is 0 Å². The van der Waals surface area contributed by atoms with Gasteiger partial charge in [0.1, 0.15) is 12.4 Å². The second-order valence-corrected chi connectivity index (χ2v) is 8.88. The molecule has 0 saturated carbocycles. The van der Waals surface area contributed by atoms with Gasteiger partial charge in [0.05, 0.1) is 11.4 Å². The SMILES string of the molecule is Cc1ccc(OCCNC(=O)C2CCN(S(=O)(=O)c3ccccc3)CC2)cc1. The van der Waals surface area contributed by atoms with E-state index in [1.807, 2.05) is 31.2 Å². The van der Waals surface area contributed by atoms with Gasteiger partial charge < -0.3 is 10.1 Å². The van der Waals surface area contributed by atoms with E-state index in [2.05, 4.69) is 5.32 Å². The molecule has 0 aromatic heterocycles. The second kappa shape index (κ2) is 9.21. The number of hydrogen-bond donors (Lipinski definition) is 1. The first-order chi connectivity index (χ1) is 13.5. The molecular formula is C21H26N2O4S. The maximum Gasteiger partial charge on any atom is 0.243 e. The smallest absolute Gasteiger partial charge is 0.243 e. The van der Waals surface area contributed by atoms with Crippen molar-refractivity contribution >= 4 is 15.9 Å². The third kappa shape index (κ3) is 5.11. The number of carbonyl (C=O) groups is 1. The minimum Gasteiger partial charge on any atom is -0.492 e. The largest absolute Gasteiger partial charge is 0.492 e. The highest BCUT2D eigenvalue weighted by atomic mass is 32.2. The predicted molar refractivity (Wildman–Crippen MR) is 108 cm³/mol. The van der Waals surface area contributed by atoms with E-state index >= 15 is 0 Å². The van der Waals surface area contributed by atoms with Gasteiger partial charge in [-0.2, -0.15) is 4.31 Å². The number of hydrogen-bond acceptors (Lipinski definition) is 4. The average molecular weight is 403 g/mol. The van der Waals surface area contributed by atoms with Gasteiger partial charge in [-0.3, -0.25) is 4.79 Å². The molecule has 0 aliphatic carbocycles. The van der Waals surface area contributed by atoms with Crippen molar-refractivity contribution in [3.63, 3.8) is 0 Å². The first-order valence-corrected chi connectivity index (χ1v) is 10.9. The number of nitrogens with zero attached hydrogens (tertiary/aromatic N) is 1. The van der Waals surface area contributed by atoms with Crippen LogP contribution in [-0.2, 0) is 14.8 Å². The molecule has 1 N–H and O–H groups in total. The number of aryl methyl sites for hydroxylation is 1. The Labute approximate surface area is 166 Å². The number of piperidine rings is 1. The lowest BCUT2D eigenvalue weighted by atomic mass is 9.97. The summed E-state index contributed by atoms with van der Waals surface area (Å²) in [7, 11) is -3.48. The molecular weight excluding hydrogens is 376 g/mol. The zero-order chi connectivity index (χ0) is 20.0. The predicted octanol–water partition coefficient (Wildman–Crippen LogP) is 2.59. The molecule has 1 amide bonds. The Morgan fingerprint density at radius 2 is 1.71 bits per heavy atom. The number of carbonyl (C=O) groups excluding carboxylic acids is 1. The highest BCUT2D eigenvalue weighted by Gasteiger charge is 2.31. The van der Waals surface area contributed by atoms with E-state index in [1.165, 1.54) is 9.87 Å². The molecule has 150 valence electrons. The van der Waals surface area contributed by atoms with Crippen LogP contribution in [0.15, 0.2) is 59.5 Å². The lowest BCUT2D eigenvalue weighted by molar-refractivity contribution is -0.126. The Bertz CT molecular complexity index is 874. The molecule has 1 aliphatic heterocycles. The van der Waals surface area contributed by atoms with Crippen LogP contribution in [0.4, 0.5) is 0 Å². The minimum atomic E-state index is -3.48. The van der Waals surface area contributed by atoms with Crippen molar-refractivity contribution in [2.45, 2.75) is 24.7 Å². The van der Waals surface area contributed by atoms with Crippen LogP contribution in [-0.4, -0.2) is 44.9 Å². The summed E-state index contributed by atoms with van der Waals surface area (Å²) in [6.07, 6.45) is 1.05. The van der Waals surface area contributed by atoms with Gasteiger partial charge >= 0.3 is 0 Å². The van der Waals surface area contributed by atoms with Crippen LogP contribution >= 0.6 is 0 Å². The van der Waals surface area contributed by atoms with Gasteiger partial charge in [-0.1, -0.05) is 35.9 Å². The molecule has 2 aromatic carbocycles. The lowest BCUT2D eigenvalue weighted by Gasteiger charge is -2.30. The van der Waals surface area contributed by atoms with Crippen LogP contribution < -0.4 is 10.1 Å². The number of sulfonamides is 1. The Hall–Kier alpha value is -2.38. The molecule has 0 bridgehead atoms. The molecule has 1 fully saturated rings. The summed E-state index contributed by atoms with van der Waals surface area (Å²) >= 11 is 0. The molecule has 6 nitrogen and oxygen atoms in total. The third-order valence-electron chi connectivity index (χ3n) is 4.90. The summed E-state index contributed by atoms with van der Waals surface area (Å²) in [5.74, 6) is 0.574. The lowest BCUT2D eigenvalue weighted by Crippen LogP contribution is -2.43. The number of rotatable bonds is 7. The third-order valence-corrected chi connectivity index (χ3v) is 6.81. The summed E-state index contributed by atoms with van der Waals surface area (Å²) < 4.78 is 32.4. The van der Waals surface area contributed by atoms with Gasteiger partial charge in [0.2, 0.25) is 15.9 Å². The summed E-state index contributed by atoms with van der Waals surface area (Å²) in [6.45, 7) is 3.55. The van der Waals surface area contributed by atoms with Crippen LogP contribution in [0, 0.1) is 12.8 Å². The first-order valence-electron chi connectivity index (χ1n) is 9.49. The van der Waals surface area contributed by atoms with Gasteiger partial charge in [-0.15, -0.1) is 0 Å². The normalized spacial score (nSPS) is 15.9. The van der Waals surface area contributed by atoms with Crippen LogP contribution in [0.1, 0.15) is 18.4 Å². The van der Waals surface area contributed by atoms with E-state index in [0.29, 0.717) is 44.0 Å². The summed E-state index contributed by atoms with van der Waals surface area (Å²) in [5.41, 5.74) is 1.17. The van der Waals surface area contributed by atoms with Crippen molar-refractivity contribution in [1.82, 2.24) is 9.62 Å². The molecule has 1 aliphatic rings. The fourth-order valence-corrected chi connectivity index (χ4v) is 4.71. The van der Waals surface area contributed by atoms with Crippen molar-refractivity contribution in [3.05, 3.63) is 60.2 Å². The molecule has 0 unspecified atom stereocenters. The fraction of sp³-hybridized carbons (Fsp3) is 0.381. The number of benzene rings is 2. The minimum absolute atomic E-state index is 0.0377. The summed E-state index contributed by atoms with van der Waals surface area (Å²) in [4.78, 5) is 12.6. The zero-order valence-electron chi connectivity index (χ0n) is 16.0. The van der Waals surface area contributed by atoms with E-state index < -0.39 is 10.0 Å². The summed E-state index contributed by atoms with van der Waals surface area (Å²) in [5, 5.41) is 2.89. The van der Waals surface area contributed by atoms with Gasteiger partial charge in [0, 0.05) is 19.0 Å². The van der Waals surface area contributed by atoms with Crippen molar-refractivity contribution < 1.29 is 17.9 Å². The molecule has 2 aromatic rings. The van der Waals surface area contributed by atoms with E-state index in [-0.39, 0.29) is 11.8 Å². The molecule has 3 rings (SSSR count).